The van der Waals surface area contributed by atoms with Crippen molar-refractivity contribution < 1.29 is 18.0 Å². The van der Waals surface area contributed by atoms with E-state index in [-0.39, 0.29) is 43.5 Å². The zero-order valence-corrected chi connectivity index (χ0v) is 15.5. The van der Waals surface area contributed by atoms with Gasteiger partial charge in [-0.3, -0.25) is 4.79 Å². The molecule has 0 bridgehead atoms. The third-order valence-corrected chi connectivity index (χ3v) is 5.95. The highest BCUT2D eigenvalue weighted by Gasteiger charge is 2.30. The molecule has 1 aromatic carbocycles. The highest BCUT2D eigenvalue weighted by Crippen LogP contribution is 2.18. The van der Waals surface area contributed by atoms with E-state index >= 15 is 0 Å². The first-order chi connectivity index (χ1) is 12.3. The number of hydrogen-bond acceptors (Lipinski definition) is 5. The Kier molecular flexibility index (Phi) is 6.18. The van der Waals surface area contributed by atoms with Crippen LogP contribution in [-0.4, -0.2) is 81.3 Å². The third-order valence-electron chi connectivity index (χ3n) is 4.04. The Morgan fingerprint density at radius 3 is 2.23 bits per heavy atom. The molecule has 0 saturated carbocycles. The summed E-state index contributed by atoms with van der Waals surface area (Å²) in [5.41, 5.74) is 0.387. The number of benzene rings is 1. The number of carbonyl (C=O) groups is 2. The molecule has 0 unspecified atom stereocenters. The summed E-state index contributed by atoms with van der Waals surface area (Å²) in [5.74, 6) is -0.222. The van der Waals surface area contributed by atoms with Crippen molar-refractivity contribution in [1.82, 2.24) is 19.4 Å². The quantitative estimate of drug-likeness (QED) is 0.769. The average molecular weight is 379 g/mol. The Balaban J connectivity index is 1.93. The fraction of sp³-hybridized carbons (Fsp3) is 0.438. The normalized spacial score (nSPS) is 15.2. The van der Waals surface area contributed by atoms with Crippen LogP contribution in [-0.2, 0) is 14.8 Å². The van der Waals surface area contributed by atoms with E-state index in [0.717, 1.165) is 0 Å². The maximum atomic E-state index is 12.6. The number of nitriles is 1. The van der Waals surface area contributed by atoms with Gasteiger partial charge in [-0.1, -0.05) is 0 Å². The summed E-state index contributed by atoms with van der Waals surface area (Å²) in [4.78, 5) is 26.5. The molecule has 9 nitrogen and oxygen atoms in total. The van der Waals surface area contributed by atoms with Crippen LogP contribution in [0.5, 0.6) is 0 Å². The molecular weight excluding hydrogens is 358 g/mol. The second kappa shape index (κ2) is 8.16. The van der Waals surface area contributed by atoms with Crippen molar-refractivity contribution in [1.29, 1.82) is 5.26 Å². The van der Waals surface area contributed by atoms with Crippen molar-refractivity contribution in [2.24, 2.45) is 0 Å². The lowest BCUT2D eigenvalue weighted by atomic mass is 10.2. The van der Waals surface area contributed by atoms with Gasteiger partial charge in [-0.15, -0.1) is 0 Å². The van der Waals surface area contributed by atoms with E-state index in [1.807, 2.05) is 6.07 Å². The van der Waals surface area contributed by atoms with Crippen molar-refractivity contribution in [3.8, 4) is 6.07 Å². The van der Waals surface area contributed by atoms with Gasteiger partial charge in [-0.05, 0) is 24.3 Å². The fourth-order valence-electron chi connectivity index (χ4n) is 2.40. The fourth-order valence-corrected chi connectivity index (χ4v) is 3.83. The van der Waals surface area contributed by atoms with E-state index in [1.165, 1.54) is 38.4 Å². The Hall–Kier alpha value is -2.64. The predicted molar refractivity (Wildman–Crippen MR) is 93.6 cm³/mol. The first-order valence-corrected chi connectivity index (χ1v) is 9.43. The number of amides is 3. The SMILES string of the molecule is CN(C)C(=O)CNC(=O)N1CCN(S(=O)(=O)c2ccc(C#N)cc2)CC1. The molecule has 0 radical (unpaired) electrons. The summed E-state index contributed by atoms with van der Waals surface area (Å²) in [6.45, 7) is 0.694. The lowest BCUT2D eigenvalue weighted by Crippen LogP contribution is -2.54. The van der Waals surface area contributed by atoms with Crippen molar-refractivity contribution >= 4 is 22.0 Å². The molecule has 0 atom stereocenters. The lowest BCUT2D eigenvalue weighted by molar-refractivity contribution is -0.127. The number of urea groups is 1. The summed E-state index contributed by atoms with van der Waals surface area (Å²) in [5, 5.41) is 11.3. The lowest BCUT2D eigenvalue weighted by Gasteiger charge is -2.34. The Morgan fingerprint density at radius 2 is 1.73 bits per heavy atom. The monoisotopic (exact) mass is 379 g/mol. The molecule has 1 fully saturated rings. The maximum Gasteiger partial charge on any atom is 0.317 e. The number of hydrogen-bond donors (Lipinski definition) is 1. The average Bonchev–Trinajstić information content (AvgIpc) is 2.65. The standard InChI is InChI=1S/C16H21N5O4S/c1-19(2)15(22)12-18-16(23)20-7-9-21(10-8-20)26(24,25)14-5-3-13(11-17)4-6-14/h3-6H,7-10,12H2,1-2H3,(H,18,23). The third kappa shape index (κ3) is 4.50. The molecule has 0 spiro atoms. The molecule has 1 saturated heterocycles. The van der Waals surface area contributed by atoms with E-state index in [0.29, 0.717) is 5.56 Å². The Morgan fingerprint density at radius 1 is 1.15 bits per heavy atom. The molecule has 0 aromatic heterocycles. The summed E-state index contributed by atoms with van der Waals surface area (Å²) < 4.78 is 26.6. The summed E-state index contributed by atoms with van der Waals surface area (Å²) in [6.07, 6.45) is 0. The molecule has 1 aromatic rings. The van der Waals surface area contributed by atoms with E-state index < -0.39 is 16.1 Å². The predicted octanol–water partition coefficient (Wildman–Crippen LogP) is -0.338. The van der Waals surface area contributed by atoms with Crippen LogP contribution in [0.15, 0.2) is 29.2 Å². The Labute approximate surface area is 152 Å². The highest BCUT2D eigenvalue weighted by atomic mass is 32.2. The smallest absolute Gasteiger partial charge is 0.317 e. The second-order valence-electron chi connectivity index (χ2n) is 5.97. The molecule has 0 aliphatic carbocycles. The minimum absolute atomic E-state index is 0.102. The van der Waals surface area contributed by atoms with Crippen LogP contribution < -0.4 is 5.32 Å². The van der Waals surface area contributed by atoms with Crippen molar-refractivity contribution in [2.75, 3.05) is 46.8 Å². The Bertz CT molecular complexity index is 806. The van der Waals surface area contributed by atoms with E-state index in [2.05, 4.69) is 5.32 Å². The van der Waals surface area contributed by atoms with Crippen LogP contribution >= 0.6 is 0 Å². The van der Waals surface area contributed by atoms with Gasteiger partial charge in [0.05, 0.1) is 23.1 Å². The van der Waals surface area contributed by atoms with Gasteiger partial charge < -0.3 is 15.1 Å². The number of piperazine rings is 1. The topological polar surface area (TPSA) is 114 Å². The van der Waals surface area contributed by atoms with Crippen LogP contribution in [0.4, 0.5) is 4.79 Å². The molecule has 1 heterocycles. The summed E-state index contributed by atoms with van der Waals surface area (Å²) in [7, 11) is -0.471. The largest absolute Gasteiger partial charge is 0.347 e. The number of sulfonamides is 1. The summed E-state index contributed by atoms with van der Waals surface area (Å²) >= 11 is 0. The zero-order valence-electron chi connectivity index (χ0n) is 14.7. The second-order valence-corrected chi connectivity index (χ2v) is 7.91. The van der Waals surface area contributed by atoms with E-state index in [9.17, 15) is 18.0 Å². The molecule has 140 valence electrons. The van der Waals surface area contributed by atoms with Gasteiger partial charge in [0.2, 0.25) is 15.9 Å². The van der Waals surface area contributed by atoms with Crippen LogP contribution in [0.1, 0.15) is 5.56 Å². The van der Waals surface area contributed by atoms with Crippen molar-refractivity contribution in [3.63, 3.8) is 0 Å². The van der Waals surface area contributed by atoms with Crippen LogP contribution in [0.2, 0.25) is 0 Å². The first kappa shape index (κ1) is 19.7. The van der Waals surface area contributed by atoms with Gasteiger partial charge in [0.25, 0.3) is 0 Å². The van der Waals surface area contributed by atoms with Crippen LogP contribution in [0.3, 0.4) is 0 Å². The van der Waals surface area contributed by atoms with Gasteiger partial charge in [0, 0.05) is 40.3 Å². The maximum absolute atomic E-state index is 12.6. The zero-order chi connectivity index (χ0) is 19.3. The molecule has 10 heteroatoms. The number of nitrogens with one attached hydrogen (secondary N) is 1. The van der Waals surface area contributed by atoms with Crippen molar-refractivity contribution in [3.05, 3.63) is 29.8 Å². The van der Waals surface area contributed by atoms with Crippen LogP contribution in [0.25, 0.3) is 0 Å². The molecule has 1 aliphatic rings. The minimum Gasteiger partial charge on any atom is -0.347 e. The van der Waals surface area contributed by atoms with Gasteiger partial charge >= 0.3 is 6.03 Å². The molecule has 2 rings (SSSR count). The van der Waals surface area contributed by atoms with Crippen LogP contribution in [0, 0.1) is 11.3 Å². The molecule has 1 N–H and O–H groups in total. The minimum atomic E-state index is -3.67. The van der Waals surface area contributed by atoms with Gasteiger partial charge in [-0.2, -0.15) is 9.57 Å². The van der Waals surface area contributed by atoms with Gasteiger partial charge in [-0.25, -0.2) is 13.2 Å². The first-order valence-electron chi connectivity index (χ1n) is 7.99. The molecule has 26 heavy (non-hydrogen) atoms. The number of rotatable bonds is 4. The van der Waals surface area contributed by atoms with Gasteiger partial charge in [0.1, 0.15) is 0 Å². The number of likely N-dealkylation sites (N-methyl/N-ethyl adjacent to an activating group) is 1. The van der Waals surface area contributed by atoms with Gasteiger partial charge in [0.15, 0.2) is 0 Å². The number of nitrogens with zero attached hydrogens (tertiary/aromatic N) is 4. The highest BCUT2D eigenvalue weighted by molar-refractivity contribution is 7.89. The van der Waals surface area contributed by atoms with Crippen molar-refractivity contribution in [2.45, 2.75) is 4.90 Å². The van der Waals surface area contributed by atoms with E-state index in [4.69, 9.17) is 5.26 Å². The summed E-state index contributed by atoms with van der Waals surface area (Å²) in [6, 6.07) is 7.27. The molecule has 3 amide bonds. The van der Waals surface area contributed by atoms with E-state index in [1.54, 1.807) is 14.1 Å². The molecule has 1 aliphatic heterocycles. The number of carbonyl (C=O) groups excluding carboxylic acids is 2. The molecular formula is C16H21N5O4S.